The molecule has 0 aliphatic heterocycles. The van der Waals surface area contributed by atoms with E-state index in [1.165, 1.54) is 18.2 Å². The molecule has 0 N–H and O–H groups in total. The fourth-order valence-electron chi connectivity index (χ4n) is 3.36. The Hall–Kier alpha value is -1.94. The molecular weight excluding hydrogens is 452 g/mol. The second kappa shape index (κ2) is 8.44. The van der Waals surface area contributed by atoms with Gasteiger partial charge in [0.2, 0.25) is 0 Å². The van der Waals surface area contributed by atoms with Gasteiger partial charge in [-0.05, 0) is 18.8 Å². The fraction of sp³-hybridized carbons (Fsp3) is 0.333. The number of fused-ring (bicyclic) bond motifs is 1. The number of nitrogens with zero attached hydrogens (tertiary/aromatic N) is 6. The van der Waals surface area contributed by atoms with E-state index in [-0.39, 0.29) is 52.0 Å². The Labute approximate surface area is 209 Å². The van der Waals surface area contributed by atoms with Crippen molar-refractivity contribution in [2.45, 2.75) is 39.3 Å². The minimum absolute atomic E-state index is 0. The van der Waals surface area contributed by atoms with E-state index in [0.29, 0.717) is 33.4 Å². The monoisotopic (exact) mass is 470 g/mol. The SMILES string of the molecule is Cc1nc(-c2ccccc2C(F)(F)F)nc2nc(-c3c(Cl)c(C(C)(C)C)nn3C)[n-]c12.[Na+]. The van der Waals surface area contributed by atoms with Crippen molar-refractivity contribution in [1.29, 1.82) is 0 Å². The van der Waals surface area contributed by atoms with Gasteiger partial charge in [0, 0.05) is 29.2 Å². The van der Waals surface area contributed by atoms with Gasteiger partial charge in [-0.1, -0.05) is 50.6 Å². The Morgan fingerprint density at radius 3 is 2.28 bits per heavy atom. The van der Waals surface area contributed by atoms with Gasteiger partial charge < -0.3 is 9.97 Å². The normalized spacial score (nSPS) is 12.3. The molecule has 0 unspecified atom stereocenters. The maximum absolute atomic E-state index is 13.5. The number of hydrogen-bond acceptors (Lipinski definition) is 4. The van der Waals surface area contributed by atoms with Crippen LogP contribution in [0.5, 0.6) is 0 Å². The Morgan fingerprint density at radius 1 is 1.03 bits per heavy atom. The molecule has 0 saturated heterocycles. The van der Waals surface area contributed by atoms with Gasteiger partial charge in [-0.2, -0.15) is 18.3 Å². The summed E-state index contributed by atoms with van der Waals surface area (Å²) in [6.07, 6.45) is -4.53. The minimum Gasteiger partial charge on any atom is -0.431 e. The van der Waals surface area contributed by atoms with Crippen molar-refractivity contribution in [3.63, 3.8) is 0 Å². The average molecular weight is 471 g/mol. The molecule has 3 aromatic heterocycles. The second-order valence-electron chi connectivity index (χ2n) is 8.28. The van der Waals surface area contributed by atoms with Gasteiger partial charge >= 0.3 is 35.7 Å². The number of imidazole rings is 1. The van der Waals surface area contributed by atoms with Crippen LogP contribution in [0.4, 0.5) is 13.2 Å². The molecule has 1 aromatic carbocycles. The van der Waals surface area contributed by atoms with Gasteiger partial charge in [-0.25, -0.2) is 9.97 Å². The summed E-state index contributed by atoms with van der Waals surface area (Å²) in [5.41, 5.74) is 1.02. The third-order valence-electron chi connectivity index (χ3n) is 4.85. The largest absolute Gasteiger partial charge is 1.00 e. The van der Waals surface area contributed by atoms with Crippen molar-refractivity contribution in [3.8, 4) is 22.9 Å². The molecule has 162 valence electrons. The molecule has 0 saturated carbocycles. The van der Waals surface area contributed by atoms with Crippen LogP contribution in [0.2, 0.25) is 5.02 Å². The molecule has 0 amide bonds. The van der Waals surface area contributed by atoms with Gasteiger partial charge in [0.25, 0.3) is 0 Å². The molecule has 6 nitrogen and oxygen atoms in total. The predicted molar refractivity (Wildman–Crippen MR) is 112 cm³/mol. The molecule has 0 spiro atoms. The van der Waals surface area contributed by atoms with E-state index in [1.54, 1.807) is 18.7 Å². The van der Waals surface area contributed by atoms with Crippen LogP contribution in [0.3, 0.4) is 0 Å². The summed E-state index contributed by atoms with van der Waals surface area (Å²) in [6, 6.07) is 5.19. The zero-order valence-corrected chi connectivity index (χ0v) is 21.3. The van der Waals surface area contributed by atoms with Crippen molar-refractivity contribution >= 4 is 22.8 Å². The zero-order chi connectivity index (χ0) is 22.7. The molecular formula is C21H19ClF3N6Na. The summed E-state index contributed by atoms with van der Waals surface area (Å²) in [5, 5.41) is 4.93. The maximum atomic E-state index is 13.5. The first-order valence-corrected chi connectivity index (χ1v) is 9.84. The molecule has 4 aromatic rings. The summed E-state index contributed by atoms with van der Waals surface area (Å²) >= 11 is 6.59. The van der Waals surface area contributed by atoms with Gasteiger partial charge in [0.1, 0.15) is 0 Å². The Balaban J connectivity index is 0.00000289. The smallest absolute Gasteiger partial charge is 0.431 e. The van der Waals surface area contributed by atoms with Gasteiger partial charge in [-0.15, -0.1) is 0 Å². The molecule has 0 aliphatic carbocycles. The topological polar surface area (TPSA) is 70.6 Å². The summed E-state index contributed by atoms with van der Waals surface area (Å²) in [7, 11) is 1.74. The second-order valence-corrected chi connectivity index (χ2v) is 8.66. The Kier molecular flexibility index (Phi) is 6.52. The van der Waals surface area contributed by atoms with E-state index in [4.69, 9.17) is 11.6 Å². The first-order valence-electron chi connectivity index (χ1n) is 9.47. The van der Waals surface area contributed by atoms with E-state index >= 15 is 0 Å². The van der Waals surface area contributed by atoms with Crippen LogP contribution in [0.15, 0.2) is 24.3 Å². The molecule has 0 bridgehead atoms. The van der Waals surface area contributed by atoms with Crippen molar-refractivity contribution in [3.05, 3.63) is 46.2 Å². The summed E-state index contributed by atoms with van der Waals surface area (Å²) in [4.78, 5) is 17.5. The van der Waals surface area contributed by atoms with E-state index in [2.05, 4.69) is 25.0 Å². The van der Waals surface area contributed by atoms with E-state index in [9.17, 15) is 13.2 Å². The Morgan fingerprint density at radius 2 is 1.69 bits per heavy atom. The number of aromatic nitrogens is 6. The third-order valence-corrected chi connectivity index (χ3v) is 5.21. The molecule has 0 aliphatic rings. The number of benzene rings is 1. The summed E-state index contributed by atoms with van der Waals surface area (Å²) in [5.74, 6) is 0.236. The maximum Gasteiger partial charge on any atom is 1.00 e. The van der Waals surface area contributed by atoms with Crippen molar-refractivity contribution < 1.29 is 42.7 Å². The van der Waals surface area contributed by atoms with Crippen LogP contribution in [0.25, 0.3) is 34.1 Å². The van der Waals surface area contributed by atoms with Crippen molar-refractivity contribution in [2.24, 2.45) is 7.05 Å². The Bertz CT molecular complexity index is 1300. The fourth-order valence-corrected chi connectivity index (χ4v) is 3.89. The molecule has 0 fully saturated rings. The van der Waals surface area contributed by atoms with Crippen molar-refractivity contribution in [2.75, 3.05) is 0 Å². The van der Waals surface area contributed by atoms with Crippen LogP contribution in [0, 0.1) is 6.92 Å². The number of alkyl halides is 3. The van der Waals surface area contributed by atoms with E-state index < -0.39 is 11.7 Å². The third kappa shape index (κ3) is 4.31. The molecule has 32 heavy (non-hydrogen) atoms. The summed E-state index contributed by atoms with van der Waals surface area (Å²) < 4.78 is 42.0. The number of rotatable bonds is 2. The van der Waals surface area contributed by atoms with Crippen LogP contribution in [-0.2, 0) is 18.6 Å². The number of hydrogen-bond donors (Lipinski definition) is 0. The quantitative estimate of drug-likeness (QED) is 0.421. The number of aryl methyl sites for hydroxylation is 2. The van der Waals surface area contributed by atoms with Crippen LogP contribution >= 0.6 is 11.6 Å². The first kappa shape index (κ1) is 24.7. The average Bonchev–Trinajstić information content (AvgIpc) is 3.21. The zero-order valence-electron chi connectivity index (χ0n) is 18.5. The number of halogens is 4. The molecule has 4 rings (SSSR count). The molecule has 0 atom stereocenters. The van der Waals surface area contributed by atoms with Crippen LogP contribution in [-0.4, -0.2) is 24.7 Å². The first-order chi connectivity index (χ1) is 14.4. The van der Waals surface area contributed by atoms with Crippen LogP contribution < -0.4 is 34.5 Å². The molecule has 3 heterocycles. The summed E-state index contributed by atoms with van der Waals surface area (Å²) in [6.45, 7) is 7.64. The van der Waals surface area contributed by atoms with Crippen LogP contribution in [0.1, 0.15) is 37.7 Å². The predicted octanol–water partition coefficient (Wildman–Crippen LogP) is 2.33. The van der Waals surface area contributed by atoms with Gasteiger partial charge in [-0.3, -0.25) is 4.68 Å². The van der Waals surface area contributed by atoms with E-state index in [1.807, 2.05) is 20.8 Å². The van der Waals surface area contributed by atoms with Gasteiger partial charge in [0.05, 0.1) is 27.6 Å². The van der Waals surface area contributed by atoms with E-state index in [0.717, 1.165) is 6.07 Å². The van der Waals surface area contributed by atoms with Crippen molar-refractivity contribution in [1.82, 2.24) is 29.7 Å². The molecule has 11 heteroatoms. The standard InChI is InChI=1S/C21H19ClF3N6.Na/c1-10-14-18(28-17(26-10)11-8-6-7-9-12(11)21(23,24)25)29-19(27-14)15-13(22)16(20(2,3)4)30-31(15)5;/h6-9H,1-5H3;/q-1;+1. The molecule has 0 radical (unpaired) electrons. The minimum atomic E-state index is -4.53. The van der Waals surface area contributed by atoms with Gasteiger partial charge in [0.15, 0.2) is 5.82 Å².